The van der Waals surface area contributed by atoms with E-state index in [4.69, 9.17) is 15.2 Å². The molecule has 0 spiro atoms. The third-order valence-electron chi connectivity index (χ3n) is 4.14. The molecule has 0 aromatic heterocycles. The highest BCUT2D eigenvalue weighted by molar-refractivity contribution is 6.08. The molecule has 0 bridgehead atoms. The molecule has 0 saturated heterocycles. The summed E-state index contributed by atoms with van der Waals surface area (Å²) in [5.41, 5.74) is 7.49. The van der Waals surface area contributed by atoms with Gasteiger partial charge in [-0.2, -0.15) is 0 Å². The van der Waals surface area contributed by atoms with E-state index >= 15 is 0 Å². The predicted octanol–water partition coefficient (Wildman–Crippen LogP) is 2.15. The van der Waals surface area contributed by atoms with E-state index in [0.29, 0.717) is 17.9 Å². The molecule has 0 aliphatic carbocycles. The largest absolute Gasteiger partial charge is 0.497 e. The summed E-state index contributed by atoms with van der Waals surface area (Å²) in [5, 5.41) is 0. The Morgan fingerprint density at radius 1 is 1.20 bits per heavy atom. The maximum absolute atomic E-state index is 13.1. The lowest BCUT2D eigenvalue weighted by Crippen LogP contribution is -2.35. The fourth-order valence-electron chi connectivity index (χ4n) is 2.97. The van der Waals surface area contributed by atoms with Gasteiger partial charge in [0.2, 0.25) is 0 Å². The maximum Gasteiger partial charge on any atom is 0.262 e. The van der Waals surface area contributed by atoms with Crippen LogP contribution in [-0.4, -0.2) is 32.1 Å². The van der Waals surface area contributed by atoms with Crippen molar-refractivity contribution in [2.24, 2.45) is 5.73 Å². The molecule has 1 heterocycles. The van der Waals surface area contributed by atoms with Gasteiger partial charge in [-0.1, -0.05) is 12.1 Å². The molecule has 2 aromatic carbocycles. The van der Waals surface area contributed by atoms with Gasteiger partial charge in [0, 0.05) is 12.2 Å². The van der Waals surface area contributed by atoms with Crippen molar-refractivity contribution in [1.29, 1.82) is 0 Å². The minimum atomic E-state index is -0.585. The van der Waals surface area contributed by atoms with Crippen molar-refractivity contribution in [2.45, 2.75) is 12.8 Å². The summed E-state index contributed by atoms with van der Waals surface area (Å²) in [7, 11) is 1.62. The van der Waals surface area contributed by atoms with E-state index in [1.54, 1.807) is 36.3 Å². The summed E-state index contributed by atoms with van der Waals surface area (Å²) >= 11 is 0. The number of nitrogens with zero attached hydrogens (tertiary/aromatic N) is 1. The zero-order valence-electron chi connectivity index (χ0n) is 14.0. The number of ether oxygens (including phenoxy) is 2. The lowest BCUT2D eigenvalue weighted by Gasteiger charge is -2.30. The monoisotopic (exact) mass is 340 g/mol. The smallest absolute Gasteiger partial charge is 0.262 e. The van der Waals surface area contributed by atoms with Gasteiger partial charge in [-0.05, 0) is 48.7 Å². The third kappa shape index (κ3) is 3.57. The number of methoxy groups -OCH3 is 1. The van der Waals surface area contributed by atoms with Crippen molar-refractivity contribution in [3.8, 4) is 11.5 Å². The molecular weight excluding hydrogens is 320 g/mol. The van der Waals surface area contributed by atoms with Crippen molar-refractivity contribution in [3.05, 3.63) is 53.6 Å². The minimum absolute atomic E-state index is 0.161. The van der Waals surface area contributed by atoms with Crippen molar-refractivity contribution in [2.75, 3.05) is 25.2 Å². The normalized spacial score (nSPS) is 13.1. The Bertz CT molecular complexity index is 804. The van der Waals surface area contributed by atoms with Crippen LogP contribution in [0.25, 0.3) is 0 Å². The van der Waals surface area contributed by atoms with Gasteiger partial charge in [0.1, 0.15) is 11.5 Å². The number of carbonyl (C=O) groups excluding carboxylic acids is 2. The van der Waals surface area contributed by atoms with Crippen molar-refractivity contribution in [1.82, 2.24) is 0 Å². The first-order valence-corrected chi connectivity index (χ1v) is 8.09. The Kier molecular flexibility index (Phi) is 4.88. The van der Waals surface area contributed by atoms with Crippen LogP contribution in [0.1, 0.15) is 22.3 Å². The average molecular weight is 340 g/mol. The first-order valence-electron chi connectivity index (χ1n) is 8.09. The SMILES string of the molecule is COc1ccc2c(c1)CCCN2C(=O)c1ccccc1OCC(N)=O. The molecule has 2 aromatic rings. The molecule has 0 radical (unpaired) electrons. The van der Waals surface area contributed by atoms with Crippen LogP contribution in [0.5, 0.6) is 11.5 Å². The van der Waals surface area contributed by atoms with Crippen LogP contribution in [0.2, 0.25) is 0 Å². The average Bonchev–Trinajstić information content (AvgIpc) is 2.65. The molecule has 0 atom stereocenters. The molecular formula is C19H20N2O4. The number of carbonyl (C=O) groups is 2. The lowest BCUT2D eigenvalue weighted by molar-refractivity contribution is -0.119. The number of hydrogen-bond acceptors (Lipinski definition) is 4. The van der Waals surface area contributed by atoms with Crippen LogP contribution < -0.4 is 20.1 Å². The summed E-state index contributed by atoms with van der Waals surface area (Å²) in [4.78, 5) is 25.8. The Hall–Kier alpha value is -3.02. The quantitative estimate of drug-likeness (QED) is 0.904. The summed E-state index contributed by atoms with van der Waals surface area (Å²) in [6.45, 7) is 0.362. The molecule has 6 heteroatoms. The molecule has 1 aliphatic heterocycles. The van der Waals surface area contributed by atoms with E-state index in [9.17, 15) is 9.59 Å². The van der Waals surface area contributed by atoms with E-state index in [1.807, 2.05) is 18.2 Å². The molecule has 130 valence electrons. The van der Waals surface area contributed by atoms with E-state index in [2.05, 4.69) is 0 Å². The van der Waals surface area contributed by atoms with Crippen LogP contribution in [-0.2, 0) is 11.2 Å². The zero-order valence-corrected chi connectivity index (χ0v) is 14.0. The Morgan fingerprint density at radius 2 is 2.00 bits per heavy atom. The standard InChI is InChI=1S/C19H20N2O4/c1-24-14-8-9-16-13(11-14)5-4-10-21(16)19(23)15-6-2-3-7-17(15)25-12-18(20)22/h2-3,6-9,11H,4-5,10,12H2,1H3,(H2,20,22). The lowest BCUT2D eigenvalue weighted by atomic mass is 10.00. The number of benzene rings is 2. The summed E-state index contributed by atoms with van der Waals surface area (Å²) in [6.07, 6.45) is 1.77. The Balaban J connectivity index is 1.91. The second-order valence-electron chi connectivity index (χ2n) is 5.81. The van der Waals surface area contributed by atoms with Crippen LogP contribution >= 0.6 is 0 Å². The number of nitrogens with two attached hydrogens (primary N) is 1. The zero-order chi connectivity index (χ0) is 17.8. The van der Waals surface area contributed by atoms with Gasteiger partial charge in [-0.25, -0.2) is 0 Å². The number of rotatable bonds is 5. The van der Waals surface area contributed by atoms with Gasteiger partial charge >= 0.3 is 0 Å². The molecule has 0 saturated carbocycles. The van der Waals surface area contributed by atoms with E-state index in [-0.39, 0.29) is 12.5 Å². The summed E-state index contributed by atoms with van der Waals surface area (Å²) in [5.74, 6) is 0.383. The van der Waals surface area contributed by atoms with Gasteiger partial charge in [0.15, 0.2) is 6.61 Å². The van der Waals surface area contributed by atoms with Crippen LogP contribution in [0.3, 0.4) is 0 Å². The summed E-state index contributed by atoms with van der Waals surface area (Å²) < 4.78 is 10.7. The van der Waals surface area contributed by atoms with E-state index < -0.39 is 5.91 Å². The van der Waals surface area contributed by atoms with Gasteiger partial charge < -0.3 is 20.1 Å². The number of anilines is 1. The fraction of sp³-hybridized carbons (Fsp3) is 0.263. The molecule has 1 aliphatic rings. The molecule has 2 N–H and O–H groups in total. The van der Waals surface area contributed by atoms with Crippen LogP contribution in [0.15, 0.2) is 42.5 Å². The molecule has 0 fully saturated rings. The fourth-order valence-corrected chi connectivity index (χ4v) is 2.97. The molecule has 2 amide bonds. The van der Waals surface area contributed by atoms with Gasteiger partial charge in [-0.3, -0.25) is 9.59 Å². The Morgan fingerprint density at radius 3 is 2.76 bits per heavy atom. The van der Waals surface area contributed by atoms with Crippen LogP contribution in [0.4, 0.5) is 5.69 Å². The minimum Gasteiger partial charge on any atom is -0.497 e. The molecule has 0 unspecified atom stereocenters. The number of fused-ring (bicyclic) bond motifs is 1. The second kappa shape index (κ2) is 7.25. The summed E-state index contributed by atoms with van der Waals surface area (Å²) in [6, 6.07) is 12.6. The van der Waals surface area contributed by atoms with E-state index in [1.165, 1.54) is 0 Å². The highest BCUT2D eigenvalue weighted by atomic mass is 16.5. The topological polar surface area (TPSA) is 81.9 Å². The number of hydrogen-bond donors (Lipinski definition) is 1. The first-order chi connectivity index (χ1) is 12.1. The molecule has 6 nitrogen and oxygen atoms in total. The highest BCUT2D eigenvalue weighted by Crippen LogP contribution is 2.32. The number of aryl methyl sites for hydroxylation is 1. The van der Waals surface area contributed by atoms with Crippen molar-refractivity contribution in [3.63, 3.8) is 0 Å². The first kappa shape index (κ1) is 16.8. The van der Waals surface area contributed by atoms with Gasteiger partial charge in [-0.15, -0.1) is 0 Å². The Labute approximate surface area is 146 Å². The number of primary amides is 1. The van der Waals surface area contributed by atoms with Crippen molar-refractivity contribution >= 4 is 17.5 Å². The molecule has 25 heavy (non-hydrogen) atoms. The number of amides is 2. The van der Waals surface area contributed by atoms with Gasteiger partial charge in [0.25, 0.3) is 11.8 Å². The van der Waals surface area contributed by atoms with E-state index in [0.717, 1.165) is 29.8 Å². The molecule has 3 rings (SSSR count). The third-order valence-corrected chi connectivity index (χ3v) is 4.14. The number of para-hydroxylation sites is 1. The van der Waals surface area contributed by atoms with Crippen molar-refractivity contribution < 1.29 is 19.1 Å². The predicted molar refractivity (Wildman–Crippen MR) is 94.1 cm³/mol. The van der Waals surface area contributed by atoms with Gasteiger partial charge in [0.05, 0.1) is 12.7 Å². The second-order valence-corrected chi connectivity index (χ2v) is 5.81. The van der Waals surface area contributed by atoms with Crippen LogP contribution in [0, 0.1) is 0 Å². The highest BCUT2D eigenvalue weighted by Gasteiger charge is 2.26. The maximum atomic E-state index is 13.1.